The second kappa shape index (κ2) is 5.19. The summed E-state index contributed by atoms with van der Waals surface area (Å²) in [6, 6.07) is 2.96. The fourth-order valence-corrected chi connectivity index (χ4v) is 2.36. The first-order chi connectivity index (χ1) is 9.17. The maximum atomic E-state index is 13.7. The number of halogens is 2. The predicted octanol–water partition coefficient (Wildman–Crippen LogP) is 2.28. The summed E-state index contributed by atoms with van der Waals surface area (Å²) in [4.78, 5) is 16.1. The Morgan fingerprint density at radius 3 is 2.75 bits per heavy atom. The normalized spacial score (nSPS) is 11.8. The zero-order valence-corrected chi connectivity index (χ0v) is 13.7. The highest BCUT2D eigenvalue weighted by atomic mass is 127. The molecule has 2 aromatic rings. The summed E-state index contributed by atoms with van der Waals surface area (Å²) in [6.45, 7) is 5.69. The summed E-state index contributed by atoms with van der Waals surface area (Å²) in [5, 5.41) is 2.84. The lowest BCUT2D eigenvalue weighted by atomic mass is 10.1. The van der Waals surface area contributed by atoms with Gasteiger partial charge in [-0.05, 0) is 49.4 Å². The van der Waals surface area contributed by atoms with Gasteiger partial charge in [0.2, 0.25) is 11.9 Å². The molecular formula is C13H16FIN4O. The van der Waals surface area contributed by atoms with Crippen molar-refractivity contribution in [3.8, 4) is 0 Å². The van der Waals surface area contributed by atoms with Crippen LogP contribution in [0.5, 0.6) is 0 Å². The Bertz CT molecular complexity index is 675. The zero-order valence-electron chi connectivity index (χ0n) is 11.5. The molecule has 0 radical (unpaired) electrons. The van der Waals surface area contributed by atoms with E-state index in [0.29, 0.717) is 14.6 Å². The third kappa shape index (κ3) is 3.20. The molecule has 0 bridgehead atoms. The Labute approximate surface area is 129 Å². The van der Waals surface area contributed by atoms with E-state index in [0.717, 1.165) is 0 Å². The molecule has 0 aliphatic carbocycles. The predicted molar refractivity (Wildman–Crippen MR) is 84.7 cm³/mol. The van der Waals surface area contributed by atoms with Crippen molar-refractivity contribution < 1.29 is 9.18 Å². The number of nitrogens with zero attached hydrogens (tertiary/aromatic N) is 2. The van der Waals surface area contributed by atoms with E-state index in [1.165, 1.54) is 10.6 Å². The van der Waals surface area contributed by atoms with Crippen molar-refractivity contribution >= 4 is 45.5 Å². The summed E-state index contributed by atoms with van der Waals surface area (Å²) in [5.74, 6) is -0.344. The van der Waals surface area contributed by atoms with Gasteiger partial charge in [-0.15, -0.1) is 0 Å². The number of anilines is 1. The van der Waals surface area contributed by atoms with Crippen LogP contribution in [0.4, 0.5) is 10.3 Å². The summed E-state index contributed by atoms with van der Waals surface area (Å²) in [6.07, 6.45) is 0. The smallest absolute Gasteiger partial charge is 0.240 e. The molecule has 0 saturated heterocycles. The summed E-state index contributed by atoms with van der Waals surface area (Å²) < 4.78 is 15.6. The van der Waals surface area contributed by atoms with Gasteiger partial charge >= 0.3 is 0 Å². The summed E-state index contributed by atoms with van der Waals surface area (Å²) in [5.41, 5.74) is 6.58. The highest BCUT2D eigenvalue weighted by molar-refractivity contribution is 14.1. The van der Waals surface area contributed by atoms with Crippen LogP contribution in [0.15, 0.2) is 12.1 Å². The van der Waals surface area contributed by atoms with Crippen LogP contribution in [-0.2, 0) is 11.3 Å². The minimum Gasteiger partial charge on any atom is -0.369 e. The van der Waals surface area contributed by atoms with E-state index < -0.39 is 0 Å². The molecule has 0 aliphatic heterocycles. The lowest BCUT2D eigenvalue weighted by Crippen LogP contribution is -2.42. The number of nitrogen functional groups attached to an aromatic ring is 1. The van der Waals surface area contributed by atoms with Gasteiger partial charge in [-0.2, -0.15) is 0 Å². The number of hydrogen-bond donors (Lipinski definition) is 2. The fraction of sp³-hybridized carbons (Fsp3) is 0.385. The number of benzene rings is 1. The van der Waals surface area contributed by atoms with Gasteiger partial charge in [0.15, 0.2) is 0 Å². The molecule has 1 amide bonds. The van der Waals surface area contributed by atoms with Crippen LogP contribution in [0, 0.1) is 9.39 Å². The maximum absolute atomic E-state index is 13.7. The number of nitrogens with two attached hydrogens (primary N) is 1. The molecule has 1 aromatic carbocycles. The molecule has 5 nitrogen and oxygen atoms in total. The number of aromatic nitrogens is 2. The molecule has 0 saturated carbocycles. The number of carbonyl (C=O) groups is 1. The van der Waals surface area contributed by atoms with Crippen molar-refractivity contribution in [1.29, 1.82) is 0 Å². The maximum Gasteiger partial charge on any atom is 0.240 e. The summed E-state index contributed by atoms with van der Waals surface area (Å²) in [7, 11) is 0. The number of carbonyl (C=O) groups excluding carboxylic acids is 1. The molecule has 3 N–H and O–H groups in total. The van der Waals surface area contributed by atoms with Gasteiger partial charge in [-0.1, -0.05) is 0 Å². The van der Waals surface area contributed by atoms with Crippen LogP contribution in [0.1, 0.15) is 20.8 Å². The Morgan fingerprint density at radius 2 is 2.15 bits per heavy atom. The van der Waals surface area contributed by atoms with E-state index in [2.05, 4.69) is 10.3 Å². The second-order valence-corrected chi connectivity index (χ2v) is 6.77. The molecule has 1 aromatic heterocycles. The molecule has 0 aliphatic rings. The number of imidazole rings is 1. The summed E-state index contributed by atoms with van der Waals surface area (Å²) >= 11 is 1.89. The van der Waals surface area contributed by atoms with Gasteiger partial charge in [0.25, 0.3) is 0 Å². The molecule has 1 heterocycles. The van der Waals surface area contributed by atoms with E-state index in [1.54, 1.807) is 6.07 Å². The second-order valence-electron chi connectivity index (χ2n) is 5.61. The van der Waals surface area contributed by atoms with Crippen molar-refractivity contribution in [2.45, 2.75) is 32.9 Å². The van der Waals surface area contributed by atoms with E-state index >= 15 is 0 Å². The topological polar surface area (TPSA) is 72.9 Å². The highest BCUT2D eigenvalue weighted by Gasteiger charge is 2.17. The van der Waals surface area contributed by atoms with E-state index in [1.807, 2.05) is 43.4 Å². The molecule has 20 heavy (non-hydrogen) atoms. The first-order valence-electron chi connectivity index (χ1n) is 6.09. The Morgan fingerprint density at radius 1 is 1.50 bits per heavy atom. The molecule has 108 valence electrons. The van der Waals surface area contributed by atoms with Gasteiger partial charge in [0.05, 0.1) is 14.6 Å². The number of amides is 1. The first-order valence-corrected chi connectivity index (χ1v) is 7.17. The van der Waals surface area contributed by atoms with Crippen LogP contribution < -0.4 is 11.1 Å². The molecule has 0 spiro atoms. The quantitative estimate of drug-likeness (QED) is 0.773. The number of hydrogen-bond acceptors (Lipinski definition) is 3. The van der Waals surface area contributed by atoms with Gasteiger partial charge in [0, 0.05) is 11.6 Å². The largest absolute Gasteiger partial charge is 0.369 e. The van der Waals surface area contributed by atoms with E-state index in [-0.39, 0.29) is 29.8 Å². The average Bonchev–Trinajstić information content (AvgIpc) is 2.54. The average molecular weight is 390 g/mol. The first kappa shape index (κ1) is 15.0. The van der Waals surface area contributed by atoms with Crippen LogP contribution in [0.3, 0.4) is 0 Å². The Balaban J connectivity index is 2.37. The molecule has 0 unspecified atom stereocenters. The molecule has 0 atom stereocenters. The van der Waals surface area contributed by atoms with E-state index in [4.69, 9.17) is 5.73 Å². The van der Waals surface area contributed by atoms with Crippen LogP contribution in [-0.4, -0.2) is 21.0 Å². The third-order valence-electron chi connectivity index (χ3n) is 2.64. The minimum atomic E-state index is -0.351. The van der Waals surface area contributed by atoms with Gasteiger partial charge < -0.3 is 15.6 Å². The van der Waals surface area contributed by atoms with E-state index in [9.17, 15) is 9.18 Å². The number of rotatable bonds is 2. The number of nitrogens with one attached hydrogen (secondary N) is 1. The lowest BCUT2D eigenvalue weighted by Gasteiger charge is -2.20. The van der Waals surface area contributed by atoms with Crippen molar-refractivity contribution in [2.24, 2.45) is 0 Å². The lowest BCUT2D eigenvalue weighted by molar-refractivity contribution is -0.122. The SMILES string of the molecule is CC(C)(C)NC(=O)Cn1c(N)nc2cc(I)c(F)cc21. The van der Waals surface area contributed by atoms with Crippen molar-refractivity contribution in [1.82, 2.24) is 14.9 Å². The molecule has 2 rings (SSSR count). The zero-order chi connectivity index (χ0) is 15.1. The van der Waals surface area contributed by atoms with Gasteiger partial charge in [-0.25, -0.2) is 9.37 Å². The monoisotopic (exact) mass is 390 g/mol. The highest BCUT2D eigenvalue weighted by Crippen LogP contribution is 2.22. The Kier molecular flexibility index (Phi) is 3.90. The van der Waals surface area contributed by atoms with Gasteiger partial charge in [-0.3, -0.25) is 4.79 Å². The fourth-order valence-electron chi connectivity index (χ4n) is 1.91. The molecule has 0 fully saturated rings. The van der Waals surface area contributed by atoms with Crippen molar-refractivity contribution in [3.05, 3.63) is 21.5 Å². The minimum absolute atomic E-state index is 0.0135. The third-order valence-corrected chi connectivity index (χ3v) is 3.46. The van der Waals surface area contributed by atoms with Gasteiger partial charge in [0.1, 0.15) is 12.4 Å². The van der Waals surface area contributed by atoms with Crippen molar-refractivity contribution in [3.63, 3.8) is 0 Å². The van der Waals surface area contributed by atoms with Crippen molar-refractivity contribution in [2.75, 3.05) is 5.73 Å². The Hall–Kier alpha value is -1.38. The standard InChI is InChI=1S/C13H16FIN4O/c1-13(2,3)18-11(20)6-19-10-4-7(14)8(15)5-9(10)17-12(19)16/h4-5H,6H2,1-3H3,(H2,16,17)(H,18,20). The van der Waals surface area contributed by atoms with Crippen LogP contribution in [0.25, 0.3) is 11.0 Å². The molecule has 7 heteroatoms. The molecular weight excluding hydrogens is 374 g/mol. The number of fused-ring (bicyclic) bond motifs is 1. The van der Waals surface area contributed by atoms with Crippen LogP contribution >= 0.6 is 22.6 Å². The van der Waals surface area contributed by atoms with Crippen LogP contribution in [0.2, 0.25) is 0 Å².